The standard InChI is InChI=1S/C14H23N3S/c1-4-15-14(13-16-10(2)11(3)18-13)6-8-17-7-5-12(14)9-17/h12,15H,4-9H2,1-3H3. The predicted octanol–water partition coefficient (Wildman–Crippen LogP) is 2.29. The fraction of sp³-hybridized carbons (Fsp3) is 0.786. The number of hydrogen-bond donors (Lipinski definition) is 1. The van der Waals surface area contributed by atoms with Crippen LogP contribution in [0.4, 0.5) is 0 Å². The Morgan fingerprint density at radius 1 is 1.44 bits per heavy atom. The molecule has 2 aliphatic rings. The third-order valence-corrected chi connectivity index (χ3v) is 5.94. The van der Waals surface area contributed by atoms with Crippen molar-refractivity contribution in [1.82, 2.24) is 15.2 Å². The first kappa shape index (κ1) is 12.6. The van der Waals surface area contributed by atoms with Gasteiger partial charge in [0.25, 0.3) is 0 Å². The molecule has 100 valence electrons. The SMILES string of the molecule is CCNC1(c2nc(C)c(C)s2)CCN2CCC1C2. The molecule has 3 nitrogen and oxygen atoms in total. The molecule has 1 aromatic heterocycles. The molecule has 4 heteroatoms. The molecule has 1 N–H and O–H groups in total. The smallest absolute Gasteiger partial charge is 0.114 e. The summed E-state index contributed by atoms with van der Waals surface area (Å²) in [7, 11) is 0. The van der Waals surface area contributed by atoms with E-state index in [2.05, 4.69) is 31.0 Å². The largest absolute Gasteiger partial charge is 0.305 e. The monoisotopic (exact) mass is 265 g/mol. The number of thiazole rings is 1. The molecule has 0 radical (unpaired) electrons. The molecular weight excluding hydrogens is 242 g/mol. The van der Waals surface area contributed by atoms with Crippen LogP contribution in [0.15, 0.2) is 0 Å². The molecule has 0 amide bonds. The van der Waals surface area contributed by atoms with Crippen LogP contribution in [0.25, 0.3) is 0 Å². The van der Waals surface area contributed by atoms with Crippen molar-refractivity contribution in [1.29, 1.82) is 0 Å². The minimum absolute atomic E-state index is 0.158. The van der Waals surface area contributed by atoms with Crippen molar-refractivity contribution < 1.29 is 0 Å². The lowest BCUT2D eigenvalue weighted by Gasteiger charge is -2.42. The van der Waals surface area contributed by atoms with Crippen LogP contribution in [0, 0.1) is 19.8 Å². The third-order valence-electron chi connectivity index (χ3n) is 4.69. The first-order valence-corrected chi connectivity index (χ1v) is 7.89. The number of fused-ring (bicyclic) bond motifs is 2. The second kappa shape index (κ2) is 4.58. The minimum atomic E-state index is 0.158. The zero-order valence-corrected chi connectivity index (χ0v) is 12.4. The van der Waals surface area contributed by atoms with Crippen molar-refractivity contribution in [2.75, 3.05) is 26.2 Å². The van der Waals surface area contributed by atoms with E-state index in [4.69, 9.17) is 4.98 Å². The molecule has 0 aliphatic carbocycles. The van der Waals surface area contributed by atoms with E-state index in [1.165, 1.54) is 48.1 Å². The fourth-order valence-corrected chi connectivity index (χ4v) is 4.73. The maximum absolute atomic E-state index is 4.88. The molecule has 0 aromatic carbocycles. The Kier molecular flexibility index (Phi) is 3.20. The van der Waals surface area contributed by atoms with Gasteiger partial charge in [-0.25, -0.2) is 4.98 Å². The molecule has 3 rings (SSSR count). The van der Waals surface area contributed by atoms with Crippen molar-refractivity contribution in [3.05, 3.63) is 15.6 Å². The number of piperidine rings is 1. The summed E-state index contributed by atoms with van der Waals surface area (Å²) in [6.07, 6.45) is 2.54. The molecule has 1 aromatic rings. The summed E-state index contributed by atoms with van der Waals surface area (Å²) in [5.74, 6) is 0.746. The van der Waals surface area contributed by atoms with E-state index in [-0.39, 0.29) is 5.54 Å². The van der Waals surface area contributed by atoms with Gasteiger partial charge in [-0.1, -0.05) is 6.92 Å². The highest BCUT2D eigenvalue weighted by Gasteiger charge is 2.48. The Morgan fingerprint density at radius 2 is 2.28 bits per heavy atom. The van der Waals surface area contributed by atoms with E-state index < -0.39 is 0 Å². The van der Waals surface area contributed by atoms with Crippen molar-refractivity contribution in [2.24, 2.45) is 5.92 Å². The Morgan fingerprint density at radius 3 is 2.94 bits per heavy atom. The zero-order valence-electron chi connectivity index (χ0n) is 11.6. The lowest BCUT2D eigenvalue weighted by molar-refractivity contribution is 0.131. The molecule has 2 bridgehead atoms. The molecule has 2 aliphatic heterocycles. The Bertz CT molecular complexity index is 423. The van der Waals surface area contributed by atoms with E-state index in [1.807, 2.05) is 11.3 Å². The molecule has 2 saturated heterocycles. The summed E-state index contributed by atoms with van der Waals surface area (Å²) in [6.45, 7) is 11.3. The van der Waals surface area contributed by atoms with E-state index in [1.54, 1.807) is 0 Å². The van der Waals surface area contributed by atoms with Gasteiger partial charge in [-0.05, 0) is 45.7 Å². The normalized spacial score (nSPS) is 35.1. The van der Waals surface area contributed by atoms with E-state index in [0.717, 1.165) is 12.5 Å². The second-order valence-electron chi connectivity index (χ2n) is 5.70. The molecule has 3 unspecified atom stereocenters. The fourth-order valence-electron chi connectivity index (χ4n) is 3.55. The van der Waals surface area contributed by atoms with Gasteiger partial charge in [-0.2, -0.15) is 0 Å². The summed E-state index contributed by atoms with van der Waals surface area (Å²) in [5.41, 5.74) is 1.37. The van der Waals surface area contributed by atoms with Crippen LogP contribution in [-0.2, 0) is 5.54 Å². The number of aromatic nitrogens is 1. The van der Waals surface area contributed by atoms with Gasteiger partial charge < -0.3 is 10.2 Å². The first-order chi connectivity index (χ1) is 8.65. The van der Waals surface area contributed by atoms with Crippen LogP contribution in [0.1, 0.15) is 35.3 Å². The summed E-state index contributed by atoms with van der Waals surface area (Å²) < 4.78 is 0. The first-order valence-electron chi connectivity index (χ1n) is 7.07. The molecular formula is C14H23N3S. The quantitative estimate of drug-likeness (QED) is 0.909. The highest BCUT2D eigenvalue weighted by Crippen LogP contribution is 2.44. The van der Waals surface area contributed by atoms with Gasteiger partial charge in [0.15, 0.2) is 0 Å². The molecule has 18 heavy (non-hydrogen) atoms. The second-order valence-corrected chi connectivity index (χ2v) is 6.90. The van der Waals surface area contributed by atoms with Gasteiger partial charge >= 0.3 is 0 Å². The van der Waals surface area contributed by atoms with Gasteiger partial charge in [0, 0.05) is 18.0 Å². The van der Waals surface area contributed by atoms with Gasteiger partial charge in [0.05, 0.1) is 11.2 Å². The number of aryl methyl sites for hydroxylation is 2. The summed E-state index contributed by atoms with van der Waals surface area (Å²) in [4.78, 5) is 8.86. The van der Waals surface area contributed by atoms with E-state index in [0.29, 0.717) is 0 Å². The van der Waals surface area contributed by atoms with Crippen molar-refractivity contribution in [3.8, 4) is 0 Å². The van der Waals surface area contributed by atoms with Crippen molar-refractivity contribution in [3.63, 3.8) is 0 Å². The number of rotatable bonds is 3. The Hall–Kier alpha value is -0.450. The van der Waals surface area contributed by atoms with Crippen LogP contribution in [0.5, 0.6) is 0 Å². The third kappa shape index (κ3) is 1.82. The molecule has 3 heterocycles. The van der Waals surface area contributed by atoms with Crippen LogP contribution in [0.3, 0.4) is 0 Å². The van der Waals surface area contributed by atoms with Gasteiger partial charge in [-0.3, -0.25) is 0 Å². The van der Waals surface area contributed by atoms with E-state index >= 15 is 0 Å². The van der Waals surface area contributed by atoms with Gasteiger partial charge in [-0.15, -0.1) is 11.3 Å². The van der Waals surface area contributed by atoms with Gasteiger partial charge in [0.2, 0.25) is 0 Å². The number of nitrogens with one attached hydrogen (secondary N) is 1. The minimum Gasteiger partial charge on any atom is -0.305 e. The molecule has 0 saturated carbocycles. The average Bonchev–Trinajstić information content (AvgIpc) is 2.90. The maximum Gasteiger partial charge on any atom is 0.114 e. The van der Waals surface area contributed by atoms with E-state index in [9.17, 15) is 0 Å². The van der Waals surface area contributed by atoms with Crippen molar-refractivity contribution in [2.45, 2.75) is 39.2 Å². The van der Waals surface area contributed by atoms with Gasteiger partial charge in [0.1, 0.15) is 5.01 Å². The molecule has 2 fully saturated rings. The predicted molar refractivity (Wildman–Crippen MR) is 76.1 cm³/mol. The Labute approximate surface area is 114 Å². The summed E-state index contributed by atoms with van der Waals surface area (Å²) >= 11 is 1.91. The lowest BCUT2D eigenvalue weighted by atomic mass is 9.79. The Balaban J connectivity index is 2.00. The number of hydrogen-bond acceptors (Lipinski definition) is 4. The van der Waals surface area contributed by atoms with Crippen LogP contribution in [-0.4, -0.2) is 36.1 Å². The average molecular weight is 265 g/mol. The number of nitrogens with zero attached hydrogens (tertiary/aromatic N) is 2. The highest BCUT2D eigenvalue weighted by atomic mass is 32.1. The molecule has 3 atom stereocenters. The van der Waals surface area contributed by atoms with Crippen LogP contribution < -0.4 is 5.32 Å². The highest BCUT2D eigenvalue weighted by molar-refractivity contribution is 7.11. The summed E-state index contributed by atoms with van der Waals surface area (Å²) in [5, 5.41) is 5.14. The zero-order chi connectivity index (χ0) is 12.8. The molecule has 0 spiro atoms. The van der Waals surface area contributed by atoms with Crippen molar-refractivity contribution >= 4 is 11.3 Å². The van der Waals surface area contributed by atoms with Crippen LogP contribution in [0.2, 0.25) is 0 Å². The summed E-state index contributed by atoms with van der Waals surface area (Å²) in [6, 6.07) is 0. The topological polar surface area (TPSA) is 28.2 Å². The maximum atomic E-state index is 4.88. The lowest BCUT2D eigenvalue weighted by Crippen LogP contribution is -2.53. The van der Waals surface area contributed by atoms with Crippen LogP contribution >= 0.6 is 11.3 Å².